The molecule has 0 atom stereocenters. The third-order valence-electron chi connectivity index (χ3n) is 4.04. The number of carbonyl (C=O) groups excluding carboxylic acids is 1. The predicted molar refractivity (Wildman–Crippen MR) is 107 cm³/mol. The maximum atomic E-state index is 12.6. The summed E-state index contributed by atoms with van der Waals surface area (Å²) in [6.07, 6.45) is 3.42. The Balaban J connectivity index is 1.53. The van der Waals surface area contributed by atoms with E-state index in [-0.39, 0.29) is 5.91 Å². The molecule has 2 heterocycles. The number of hydrogen-bond donors (Lipinski definition) is 1. The molecule has 0 unspecified atom stereocenters. The molecule has 0 spiro atoms. The van der Waals surface area contributed by atoms with Crippen LogP contribution >= 0.6 is 15.9 Å². The summed E-state index contributed by atoms with van der Waals surface area (Å²) < 4.78 is 9.80. The second kappa shape index (κ2) is 8.96. The Morgan fingerprint density at radius 1 is 1.30 bits per heavy atom. The third-order valence-corrected chi connectivity index (χ3v) is 4.99. The Morgan fingerprint density at radius 2 is 2.07 bits per heavy atom. The van der Waals surface area contributed by atoms with Crippen molar-refractivity contribution in [3.63, 3.8) is 0 Å². The average Bonchev–Trinajstić information content (AvgIpc) is 3.23. The molecule has 0 fully saturated rings. The van der Waals surface area contributed by atoms with Crippen molar-refractivity contribution in [3.05, 3.63) is 64.1 Å². The molecule has 0 aliphatic heterocycles. The summed E-state index contributed by atoms with van der Waals surface area (Å²) in [5.41, 5.74) is 3.07. The zero-order chi connectivity index (χ0) is 19.2. The summed E-state index contributed by atoms with van der Waals surface area (Å²) in [4.78, 5) is 12.6. The third kappa shape index (κ3) is 4.84. The minimum Gasteiger partial charge on any atom is -0.375 e. The number of halogens is 1. The van der Waals surface area contributed by atoms with Crippen LogP contribution in [0.2, 0.25) is 0 Å². The second-order valence-electron chi connectivity index (χ2n) is 6.05. The highest BCUT2D eigenvalue weighted by molar-refractivity contribution is 9.10. The summed E-state index contributed by atoms with van der Waals surface area (Å²) in [6, 6.07) is 10.0. The van der Waals surface area contributed by atoms with E-state index in [1.807, 2.05) is 44.2 Å². The van der Waals surface area contributed by atoms with Crippen LogP contribution in [0, 0.1) is 6.92 Å². The fourth-order valence-corrected chi connectivity index (χ4v) is 3.13. The van der Waals surface area contributed by atoms with Crippen molar-refractivity contribution >= 4 is 27.5 Å². The highest BCUT2D eigenvalue weighted by Gasteiger charge is 2.19. The molecule has 0 aliphatic rings. The molecule has 1 aromatic carbocycles. The summed E-state index contributed by atoms with van der Waals surface area (Å²) >= 11 is 3.44. The van der Waals surface area contributed by atoms with Gasteiger partial charge in [-0.2, -0.15) is 10.2 Å². The van der Waals surface area contributed by atoms with Gasteiger partial charge in [-0.1, -0.05) is 30.3 Å². The van der Waals surface area contributed by atoms with Crippen molar-refractivity contribution < 1.29 is 9.53 Å². The summed E-state index contributed by atoms with van der Waals surface area (Å²) in [6.45, 7) is 6.15. The molecular weight excluding hydrogens is 410 g/mol. The lowest BCUT2D eigenvalue weighted by Crippen LogP contribution is -2.17. The lowest BCUT2D eigenvalue weighted by Gasteiger charge is -2.06. The molecule has 1 N–H and O–H groups in total. The number of amides is 1. The number of nitrogens with one attached hydrogen (secondary N) is 1. The second-order valence-corrected chi connectivity index (χ2v) is 6.84. The molecule has 0 bridgehead atoms. The fraction of sp³-hybridized carbons (Fsp3) is 0.316. The van der Waals surface area contributed by atoms with Crippen LogP contribution in [0.15, 0.2) is 47.2 Å². The fourth-order valence-electron chi connectivity index (χ4n) is 2.67. The van der Waals surface area contributed by atoms with Gasteiger partial charge in [0.2, 0.25) is 0 Å². The number of rotatable bonds is 8. The van der Waals surface area contributed by atoms with E-state index < -0.39 is 0 Å². The molecule has 1 amide bonds. The van der Waals surface area contributed by atoms with Crippen LogP contribution in [0.25, 0.3) is 0 Å². The molecule has 0 saturated carbocycles. The van der Waals surface area contributed by atoms with E-state index in [4.69, 9.17) is 4.74 Å². The standard InChI is InChI=1S/C19H22BrN5O2/c1-3-25-18(17(20)14(2)23-25)19(26)22-16-11-21-24(12-16)9-10-27-13-15-7-5-4-6-8-15/h4-8,11-12H,3,9-10,13H2,1-2H3,(H,22,26). The zero-order valence-electron chi connectivity index (χ0n) is 15.4. The summed E-state index contributed by atoms with van der Waals surface area (Å²) in [7, 11) is 0. The van der Waals surface area contributed by atoms with Gasteiger partial charge in [-0.15, -0.1) is 0 Å². The SMILES string of the molecule is CCn1nc(C)c(Br)c1C(=O)Nc1cnn(CCOCc2ccccc2)c1. The molecule has 0 radical (unpaired) electrons. The van der Waals surface area contributed by atoms with Gasteiger partial charge in [-0.05, 0) is 35.3 Å². The van der Waals surface area contributed by atoms with Crippen molar-refractivity contribution in [1.29, 1.82) is 0 Å². The molecular formula is C19H22BrN5O2. The molecule has 8 heteroatoms. The number of benzene rings is 1. The number of anilines is 1. The van der Waals surface area contributed by atoms with Crippen molar-refractivity contribution in [2.45, 2.75) is 33.5 Å². The molecule has 142 valence electrons. The summed E-state index contributed by atoms with van der Waals surface area (Å²) in [5.74, 6) is -0.218. The van der Waals surface area contributed by atoms with E-state index in [2.05, 4.69) is 31.4 Å². The van der Waals surface area contributed by atoms with Gasteiger partial charge in [0, 0.05) is 12.7 Å². The number of ether oxygens (including phenoxy) is 1. The Hall–Kier alpha value is -2.45. The van der Waals surface area contributed by atoms with Gasteiger partial charge in [0.15, 0.2) is 0 Å². The van der Waals surface area contributed by atoms with E-state index in [9.17, 15) is 4.79 Å². The quantitative estimate of drug-likeness (QED) is 0.552. The van der Waals surface area contributed by atoms with Crippen LogP contribution in [-0.4, -0.2) is 32.1 Å². The van der Waals surface area contributed by atoms with Crippen LogP contribution in [0.5, 0.6) is 0 Å². The van der Waals surface area contributed by atoms with Gasteiger partial charge in [-0.3, -0.25) is 14.2 Å². The first-order valence-corrected chi connectivity index (χ1v) is 9.56. The topological polar surface area (TPSA) is 74.0 Å². The first-order valence-electron chi connectivity index (χ1n) is 8.77. The molecule has 7 nitrogen and oxygen atoms in total. The van der Waals surface area contributed by atoms with Crippen molar-refractivity contribution in [3.8, 4) is 0 Å². The number of aryl methyl sites for hydroxylation is 2. The molecule has 0 aliphatic carbocycles. The van der Waals surface area contributed by atoms with Crippen LogP contribution in [0.4, 0.5) is 5.69 Å². The molecule has 27 heavy (non-hydrogen) atoms. The van der Waals surface area contributed by atoms with E-state index in [0.29, 0.717) is 42.2 Å². The molecule has 2 aromatic heterocycles. The van der Waals surface area contributed by atoms with Gasteiger partial charge in [0.05, 0.1) is 41.8 Å². The largest absolute Gasteiger partial charge is 0.375 e. The van der Waals surface area contributed by atoms with Crippen LogP contribution in [-0.2, 0) is 24.4 Å². The van der Waals surface area contributed by atoms with Crippen molar-refractivity contribution in [1.82, 2.24) is 19.6 Å². The first kappa shape index (κ1) is 19.3. The maximum Gasteiger partial charge on any atom is 0.275 e. The van der Waals surface area contributed by atoms with Crippen LogP contribution < -0.4 is 5.32 Å². The Labute approximate surface area is 166 Å². The first-order chi connectivity index (χ1) is 13.1. The van der Waals surface area contributed by atoms with Crippen LogP contribution in [0.3, 0.4) is 0 Å². The van der Waals surface area contributed by atoms with Gasteiger partial charge in [0.25, 0.3) is 5.91 Å². The molecule has 3 aromatic rings. The average molecular weight is 432 g/mol. The normalized spacial score (nSPS) is 10.9. The van der Waals surface area contributed by atoms with E-state index >= 15 is 0 Å². The van der Waals surface area contributed by atoms with Gasteiger partial charge < -0.3 is 10.1 Å². The van der Waals surface area contributed by atoms with E-state index in [1.54, 1.807) is 21.8 Å². The van der Waals surface area contributed by atoms with Gasteiger partial charge in [-0.25, -0.2) is 0 Å². The number of carbonyl (C=O) groups is 1. The Kier molecular flexibility index (Phi) is 6.41. The van der Waals surface area contributed by atoms with Gasteiger partial charge >= 0.3 is 0 Å². The lowest BCUT2D eigenvalue weighted by atomic mass is 10.2. The van der Waals surface area contributed by atoms with Gasteiger partial charge in [0.1, 0.15) is 5.69 Å². The smallest absolute Gasteiger partial charge is 0.275 e. The maximum absolute atomic E-state index is 12.6. The van der Waals surface area contributed by atoms with Crippen molar-refractivity contribution in [2.75, 3.05) is 11.9 Å². The predicted octanol–water partition coefficient (Wildman–Crippen LogP) is 3.64. The Bertz CT molecular complexity index is 904. The van der Waals surface area contributed by atoms with Crippen LogP contribution in [0.1, 0.15) is 28.7 Å². The minimum atomic E-state index is -0.218. The molecule has 3 rings (SSSR count). The lowest BCUT2D eigenvalue weighted by molar-refractivity contribution is 0.101. The zero-order valence-corrected chi connectivity index (χ0v) is 16.9. The van der Waals surface area contributed by atoms with E-state index in [1.165, 1.54) is 0 Å². The minimum absolute atomic E-state index is 0.218. The number of nitrogens with zero attached hydrogens (tertiary/aromatic N) is 4. The Morgan fingerprint density at radius 3 is 2.81 bits per heavy atom. The van der Waals surface area contributed by atoms with Crippen molar-refractivity contribution in [2.24, 2.45) is 0 Å². The number of aromatic nitrogens is 4. The number of hydrogen-bond acceptors (Lipinski definition) is 4. The van der Waals surface area contributed by atoms with E-state index in [0.717, 1.165) is 11.3 Å². The monoisotopic (exact) mass is 431 g/mol. The highest BCUT2D eigenvalue weighted by Crippen LogP contribution is 2.22. The molecule has 0 saturated heterocycles. The summed E-state index contributed by atoms with van der Waals surface area (Å²) in [5, 5.41) is 11.5. The highest BCUT2D eigenvalue weighted by atomic mass is 79.9.